The molecular formula is C19H16ClN3O3S. The summed E-state index contributed by atoms with van der Waals surface area (Å²) in [5.41, 5.74) is 1.97. The number of thiazole rings is 1. The van der Waals surface area contributed by atoms with Gasteiger partial charge in [0, 0.05) is 17.1 Å². The van der Waals surface area contributed by atoms with Crippen LogP contribution in [-0.4, -0.2) is 27.9 Å². The van der Waals surface area contributed by atoms with Gasteiger partial charge in [-0.3, -0.25) is 10.1 Å². The van der Waals surface area contributed by atoms with E-state index in [9.17, 15) is 9.59 Å². The summed E-state index contributed by atoms with van der Waals surface area (Å²) >= 11 is 7.09. The molecule has 0 saturated carbocycles. The predicted octanol–water partition coefficient (Wildman–Crippen LogP) is 4.43. The van der Waals surface area contributed by atoms with E-state index in [1.165, 1.54) is 29.7 Å². The summed E-state index contributed by atoms with van der Waals surface area (Å²) < 4.78 is 5.31. The van der Waals surface area contributed by atoms with E-state index < -0.39 is 18.0 Å². The van der Waals surface area contributed by atoms with Gasteiger partial charge in [-0.1, -0.05) is 48.9 Å². The topological polar surface area (TPSA) is 81.2 Å². The van der Waals surface area contributed by atoms with Crippen molar-refractivity contribution in [2.24, 2.45) is 0 Å². The Morgan fingerprint density at radius 3 is 2.74 bits per heavy atom. The van der Waals surface area contributed by atoms with E-state index in [0.29, 0.717) is 11.6 Å². The quantitative estimate of drug-likeness (QED) is 0.488. The van der Waals surface area contributed by atoms with Crippen LogP contribution in [0.1, 0.15) is 23.7 Å². The Kier molecular flexibility index (Phi) is 6.16. The molecule has 2 heterocycles. The summed E-state index contributed by atoms with van der Waals surface area (Å²) in [6.45, 7) is 1.76. The largest absolute Gasteiger partial charge is 0.449 e. The Balaban J connectivity index is 1.65. The molecule has 1 N–H and O–H groups in total. The van der Waals surface area contributed by atoms with Gasteiger partial charge in [-0.2, -0.15) is 0 Å². The molecule has 0 bridgehead atoms. The molecule has 0 aliphatic heterocycles. The normalized spacial score (nSPS) is 11.6. The van der Waals surface area contributed by atoms with E-state index in [2.05, 4.69) is 15.3 Å². The van der Waals surface area contributed by atoms with Crippen LogP contribution in [0.5, 0.6) is 0 Å². The molecule has 1 unspecified atom stereocenters. The molecule has 0 saturated heterocycles. The van der Waals surface area contributed by atoms with Crippen LogP contribution in [0.3, 0.4) is 0 Å². The number of esters is 1. The van der Waals surface area contributed by atoms with Gasteiger partial charge in [0.15, 0.2) is 11.2 Å². The van der Waals surface area contributed by atoms with Crippen molar-refractivity contribution in [3.05, 3.63) is 64.8 Å². The molecule has 0 spiro atoms. The van der Waals surface area contributed by atoms with E-state index >= 15 is 0 Å². The number of hydrogen-bond acceptors (Lipinski definition) is 6. The average Bonchev–Trinajstić information content (AvgIpc) is 3.15. The third-order valence-corrected chi connectivity index (χ3v) is 4.64. The predicted molar refractivity (Wildman–Crippen MR) is 105 cm³/mol. The zero-order valence-corrected chi connectivity index (χ0v) is 16.0. The average molecular weight is 402 g/mol. The smallest absolute Gasteiger partial charge is 0.339 e. The van der Waals surface area contributed by atoms with Gasteiger partial charge in [0.25, 0.3) is 5.91 Å². The molecule has 0 fully saturated rings. The molecular weight excluding hydrogens is 386 g/mol. The zero-order chi connectivity index (χ0) is 19.2. The van der Waals surface area contributed by atoms with Crippen molar-refractivity contribution in [2.45, 2.75) is 19.4 Å². The number of aromatic nitrogens is 2. The number of amides is 1. The van der Waals surface area contributed by atoms with Crippen LogP contribution in [0.4, 0.5) is 5.13 Å². The first-order chi connectivity index (χ1) is 13.1. The van der Waals surface area contributed by atoms with E-state index in [4.69, 9.17) is 16.3 Å². The Morgan fingerprint density at radius 1 is 1.26 bits per heavy atom. The lowest BCUT2D eigenvalue weighted by Gasteiger charge is -2.15. The highest BCUT2D eigenvalue weighted by Gasteiger charge is 2.23. The number of nitrogens with zero attached hydrogens (tertiary/aromatic N) is 2. The summed E-state index contributed by atoms with van der Waals surface area (Å²) in [6.07, 6.45) is 0.794. The lowest BCUT2D eigenvalue weighted by molar-refractivity contribution is -0.124. The summed E-state index contributed by atoms with van der Waals surface area (Å²) in [5, 5.41) is 5.19. The second-order valence-electron chi connectivity index (χ2n) is 5.56. The number of hydrogen-bond donors (Lipinski definition) is 1. The highest BCUT2D eigenvalue weighted by atomic mass is 35.5. The number of halogens is 1. The van der Waals surface area contributed by atoms with E-state index in [1.54, 1.807) is 6.92 Å². The van der Waals surface area contributed by atoms with E-state index in [-0.39, 0.29) is 10.7 Å². The third kappa shape index (κ3) is 4.90. The van der Waals surface area contributed by atoms with Crippen LogP contribution >= 0.6 is 22.9 Å². The number of carbonyl (C=O) groups is 2. The summed E-state index contributed by atoms with van der Waals surface area (Å²) in [5.74, 6) is -1.06. The van der Waals surface area contributed by atoms with Crippen molar-refractivity contribution in [1.82, 2.24) is 9.97 Å². The van der Waals surface area contributed by atoms with Crippen molar-refractivity contribution in [3.8, 4) is 11.3 Å². The first kappa shape index (κ1) is 19.0. The monoisotopic (exact) mass is 401 g/mol. The second-order valence-corrected chi connectivity index (χ2v) is 6.81. The van der Waals surface area contributed by atoms with E-state index in [1.807, 2.05) is 35.7 Å². The number of anilines is 1. The standard InChI is InChI=1S/C19H16ClN3O3S/c1-2-15(26-18(25)13-8-9-21-16(20)10-13)17(24)23-19-22-14(11-27-19)12-6-4-3-5-7-12/h3-11,15H,2H2,1H3,(H,22,23,24). The molecule has 3 rings (SSSR count). The molecule has 1 aromatic carbocycles. The lowest BCUT2D eigenvalue weighted by Crippen LogP contribution is -2.32. The fraction of sp³-hybridized carbons (Fsp3) is 0.158. The number of benzene rings is 1. The summed E-state index contributed by atoms with van der Waals surface area (Å²) in [7, 11) is 0. The van der Waals surface area contributed by atoms with Gasteiger partial charge in [-0.05, 0) is 18.6 Å². The van der Waals surface area contributed by atoms with Crippen molar-refractivity contribution in [3.63, 3.8) is 0 Å². The van der Waals surface area contributed by atoms with Crippen molar-refractivity contribution < 1.29 is 14.3 Å². The Morgan fingerprint density at radius 2 is 2.04 bits per heavy atom. The van der Waals surface area contributed by atoms with Crippen molar-refractivity contribution in [2.75, 3.05) is 5.32 Å². The van der Waals surface area contributed by atoms with Gasteiger partial charge in [-0.25, -0.2) is 14.8 Å². The molecule has 0 aliphatic carbocycles. The zero-order valence-electron chi connectivity index (χ0n) is 14.4. The fourth-order valence-corrected chi connectivity index (χ4v) is 3.20. The molecule has 8 heteroatoms. The third-order valence-electron chi connectivity index (χ3n) is 3.68. The minimum atomic E-state index is -0.937. The summed E-state index contributed by atoms with van der Waals surface area (Å²) in [6, 6.07) is 12.5. The number of pyridine rings is 1. The van der Waals surface area contributed by atoms with E-state index in [0.717, 1.165) is 11.3 Å². The number of carbonyl (C=O) groups excluding carboxylic acids is 2. The minimum absolute atomic E-state index is 0.179. The maximum Gasteiger partial charge on any atom is 0.339 e. The highest BCUT2D eigenvalue weighted by Crippen LogP contribution is 2.25. The van der Waals surface area contributed by atoms with Crippen LogP contribution in [0.15, 0.2) is 54.0 Å². The maximum absolute atomic E-state index is 12.5. The Hall–Kier alpha value is -2.77. The molecule has 27 heavy (non-hydrogen) atoms. The van der Waals surface area contributed by atoms with Gasteiger partial charge in [0.05, 0.1) is 11.3 Å². The summed E-state index contributed by atoms with van der Waals surface area (Å²) in [4.78, 5) is 32.9. The highest BCUT2D eigenvalue weighted by molar-refractivity contribution is 7.14. The van der Waals surface area contributed by atoms with Gasteiger partial charge in [0.2, 0.25) is 0 Å². The molecule has 3 aromatic rings. The van der Waals surface area contributed by atoms with Gasteiger partial charge < -0.3 is 4.74 Å². The number of nitrogens with one attached hydrogen (secondary N) is 1. The molecule has 1 amide bonds. The minimum Gasteiger partial charge on any atom is -0.449 e. The van der Waals surface area contributed by atoms with Crippen LogP contribution in [0.25, 0.3) is 11.3 Å². The molecule has 1 atom stereocenters. The first-order valence-electron chi connectivity index (χ1n) is 8.21. The molecule has 0 aliphatic rings. The van der Waals surface area contributed by atoms with Crippen LogP contribution in [-0.2, 0) is 9.53 Å². The van der Waals surface area contributed by atoms with Crippen molar-refractivity contribution in [1.29, 1.82) is 0 Å². The number of rotatable bonds is 6. The van der Waals surface area contributed by atoms with Gasteiger partial charge >= 0.3 is 5.97 Å². The van der Waals surface area contributed by atoms with Crippen LogP contribution in [0.2, 0.25) is 5.15 Å². The molecule has 6 nitrogen and oxygen atoms in total. The fourth-order valence-electron chi connectivity index (χ4n) is 2.31. The van der Waals surface area contributed by atoms with Crippen LogP contribution in [0, 0.1) is 0 Å². The molecule has 0 radical (unpaired) electrons. The molecule has 2 aromatic heterocycles. The van der Waals surface area contributed by atoms with Gasteiger partial charge in [0.1, 0.15) is 5.15 Å². The lowest BCUT2D eigenvalue weighted by atomic mass is 10.2. The Labute approximate surface area is 165 Å². The Bertz CT molecular complexity index is 946. The molecule has 138 valence electrons. The van der Waals surface area contributed by atoms with Crippen LogP contribution < -0.4 is 5.32 Å². The maximum atomic E-state index is 12.5. The number of ether oxygens (including phenoxy) is 1. The second kappa shape index (κ2) is 8.75. The van der Waals surface area contributed by atoms with Crippen molar-refractivity contribution >= 4 is 39.9 Å². The SMILES string of the molecule is CCC(OC(=O)c1ccnc(Cl)c1)C(=O)Nc1nc(-c2ccccc2)cs1. The van der Waals surface area contributed by atoms with Gasteiger partial charge in [-0.15, -0.1) is 11.3 Å². The first-order valence-corrected chi connectivity index (χ1v) is 9.47.